The van der Waals surface area contributed by atoms with Crippen molar-refractivity contribution < 1.29 is 28.7 Å². The first-order valence-corrected chi connectivity index (χ1v) is 7.31. The van der Waals surface area contributed by atoms with Crippen LogP contribution in [0.25, 0.3) is 5.76 Å². The summed E-state index contributed by atoms with van der Waals surface area (Å²) in [7, 11) is 5.63. The summed E-state index contributed by atoms with van der Waals surface area (Å²) in [5, 5.41) is 7.61. The van der Waals surface area contributed by atoms with Crippen molar-refractivity contribution in [2.45, 2.75) is 13.5 Å². The van der Waals surface area contributed by atoms with Crippen LogP contribution in [0.2, 0.25) is 0 Å². The minimum Gasteiger partial charge on any atom is -0.496 e. The number of hydrogen-bond acceptors (Lipinski definition) is 8. The summed E-state index contributed by atoms with van der Waals surface area (Å²) in [6.07, 6.45) is 1.27. The molecular formula is C17H22N2O6. The van der Waals surface area contributed by atoms with Gasteiger partial charge in [0.25, 0.3) is 5.90 Å². The summed E-state index contributed by atoms with van der Waals surface area (Å²) in [4.78, 5) is 21.5. The number of oxime groups is 2. The molecule has 0 fully saturated rings. The van der Waals surface area contributed by atoms with E-state index in [-0.39, 0.29) is 12.5 Å². The van der Waals surface area contributed by atoms with Crippen LogP contribution >= 0.6 is 0 Å². The standard InChI is InChI=1S/C17H22N2O6/c1-12(17(23-4)19-24-5)18-25-11-13-8-6-7-9-14(13)15(21-2)10-16(20)22-3/h6-10H,11H2,1-5H3. The molecule has 0 unspecified atom stereocenters. The molecule has 0 N–H and O–H groups in total. The van der Waals surface area contributed by atoms with E-state index in [0.29, 0.717) is 17.0 Å². The van der Waals surface area contributed by atoms with Crippen LogP contribution in [-0.4, -0.2) is 46.0 Å². The molecule has 0 spiro atoms. The molecule has 0 bridgehead atoms. The van der Waals surface area contributed by atoms with Gasteiger partial charge in [0.05, 0.1) is 27.4 Å². The first kappa shape index (κ1) is 20.0. The van der Waals surface area contributed by atoms with Gasteiger partial charge in [0.2, 0.25) is 0 Å². The predicted molar refractivity (Wildman–Crippen MR) is 92.8 cm³/mol. The fourth-order valence-corrected chi connectivity index (χ4v) is 1.87. The zero-order chi connectivity index (χ0) is 18.7. The van der Waals surface area contributed by atoms with Gasteiger partial charge in [-0.15, -0.1) is 0 Å². The maximum Gasteiger partial charge on any atom is 0.334 e. The Kier molecular flexibility index (Phi) is 8.56. The number of esters is 1. The van der Waals surface area contributed by atoms with Gasteiger partial charge < -0.3 is 23.9 Å². The molecule has 25 heavy (non-hydrogen) atoms. The fraction of sp³-hybridized carbons (Fsp3) is 0.353. The minimum absolute atomic E-state index is 0.152. The topological polar surface area (TPSA) is 87.9 Å². The van der Waals surface area contributed by atoms with Crippen LogP contribution in [0, 0.1) is 0 Å². The maximum absolute atomic E-state index is 11.5. The van der Waals surface area contributed by atoms with Gasteiger partial charge in [0.15, 0.2) is 0 Å². The molecule has 0 aliphatic rings. The normalized spacial score (nSPS) is 12.4. The van der Waals surface area contributed by atoms with Gasteiger partial charge in [0.1, 0.15) is 25.2 Å². The largest absolute Gasteiger partial charge is 0.496 e. The van der Waals surface area contributed by atoms with E-state index in [1.807, 2.05) is 18.2 Å². The van der Waals surface area contributed by atoms with Crippen LogP contribution in [0.4, 0.5) is 0 Å². The number of hydrogen-bond donors (Lipinski definition) is 0. The Morgan fingerprint density at radius 2 is 1.76 bits per heavy atom. The quantitative estimate of drug-likeness (QED) is 0.179. The fourth-order valence-electron chi connectivity index (χ4n) is 1.87. The number of nitrogens with zero attached hydrogens (tertiary/aromatic N) is 2. The van der Waals surface area contributed by atoms with Crippen LogP contribution < -0.4 is 0 Å². The Morgan fingerprint density at radius 1 is 1.04 bits per heavy atom. The van der Waals surface area contributed by atoms with Crippen LogP contribution in [-0.2, 0) is 35.3 Å². The van der Waals surface area contributed by atoms with E-state index in [4.69, 9.17) is 14.3 Å². The molecule has 0 atom stereocenters. The molecule has 0 radical (unpaired) electrons. The Morgan fingerprint density at radius 3 is 2.36 bits per heavy atom. The predicted octanol–water partition coefficient (Wildman–Crippen LogP) is 2.35. The Hall–Kier alpha value is -3.03. The molecule has 1 aromatic carbocycles. The lowest BCUT2D eigenvalue weighted by atomic mass is 10.1. The zero-order valence-electron chi connectivity index (χ0n) is 14.9. The molecule has 0 aliphatic heterocycles. The van der Waals surface area contributed by atoms with Crippen molar-refractivity contribution in [1.82, 2.24) is 0 Å². The summed E-state index contributed by atoms with van der Waals surface area (Å²) in [6, 6.07) is 7.31. The van der Waals surface area contributed by atoms with Gasteiger partial charge in [-0.1, -0.05) is 29.4 Å². The van der Waals surface area contributed by atoms with Crippen molar-refractivity contribution in [3.05, 3.63) is 41.5 Å². The third-order valence-corrected chi connectivity index (χ3v) is 3.05. The molecule has 8 nitrogen and oxygen atoms in total. The van der Waals surface area contributed by atoms with Gasteiger partial charge in [-0.25, -0.2) is 4.79 Å². The van der Waals surface area contributed by atoms with Crippen LogP contribution in [0.1, 0.15) is 18.1 Å². The lowest BCUT2D eigenvalue weighted by molar-refractivity contribution is -0.134. The molecule has 8 heteroatoms. The highest BCUT2D eigenvalue weighted by atomic mass is 16.6. The van der Waals surface area contributed by atoms with Crippen LogP contribution in [0.5, 0.6) is 0 Å². The van der Waals surface area contributed by atoms with Gasteiger partial charge in [-0.2, -0.15) is 0 Å². The molecule has 0 aromatic heterocycles. The monoisotopic (exact) mass is 350 g/mol. The second kappa shape index (κ2) is 10.7. The molecule has 136 valence electrons. The Bertz CT molecular complexity index is 667. The van der Waals surface area contributed by atoms with Crippen molar-refractivity contribution in [3.63, 3.8) is 0 Å². The lowest BCUT2D eigenvalue weighted by Gasteiger charge is -2.11. The van der Waals surface area contributed by atoms with Gasteiger partial charge in [-0.3, -0.25) is 0 Å². The van der Waals surface area contributed by atoms with E-state index in [9.17, 15) is 4.79 Å². The summed E-state index contributed by atoms with van der Waals surface area (Å²) >= 11 is 0. The molecule has 0 saturated carbocycles. The molecule has 0 saturated heterocycles. The van der Waals surface area contributed by atoms with E-state index in [1.54, 1.807) is 13.0 Å². The maximum atomic E-state index is 11.5. The SMILES string of the molecule is CON=C(OC)C(C)=NOCc1ccccc1C(=CC(=O)OC)OC. The smallest absolute Gasteiger partial charge is 0.334 e. The minimum atomic E-state index is -0.512. The van der Waals surface area contributed by atoms with E-state index in [2.05, 4.69) is 19.9 Å². The lowest BCUT2D eigenvalue weighted by Crippen LogP contribution is -2.13. The summed E-state index contributed by atoms with van der Waals surface area (Å²) in [5.74, 6) is 0.0613. The van der Waals surface area contributed by atoms with Crippen LogP contribution in [0.3, 0.4) is 0 Å². The highest BCUT2D eigenvalue weighted by Gasteiger charge is 2.11. The second-order valence-corrected chi connectivity index (χ2v) is 4.63. The van der Waals surface area contributed by atoms with Crippen molar-refractivity contribution in [3.8, 4) is 0 Å². The molecular weight excluding hydrogens is 328 g/mol. The third-order valence-electron chi connectivity index (χ3n) is 3.05. The first-order valence-electron chi connectivity index (χ1n) is 7.31. The molecule has 0 amide bonds. The van der Waals surface area contributed by atoms with E-state index in [0.717, 1.165) is 5.56 Å². The third kappa shape index (κ3) is 6.17. The molecule has 1 aromatic rings. The van der Waals surface area contributed by atoms with Crippen molar-refractivity contribution >= 4 is 23.3 Å². The highest BCUT2D eigenvalue weighted by Crippen LogP contribution is 2.21. The average Bonchev–Trinajstić information content (AvgIpc) is 2.64. The number of carbonyl (C=O) groups excluding carboxylic acids is 1. The van der Waals surface area contributed by atoms with Crippen molar-refractivity contribution in [2.24, 2.45) is 10.3 Å². The molecule has 0 aliphatic carbocycles. The summed E-state index contributed by atoms with van der Waals surface area (Å²) in [5.41, 5.74) is 1.89. The second-order valence-electron chi connectivity index (χ2n) is 4.63. The average molecular weight is 350 g/mol. The van der Waals surface area contributed by atoms with Crippen molar-refractivity contribution in [2.75, 3.05) is 28.4 Å². The number of carbonyl (C=O) groups is 1. The zero-order valence-corrected chi connectivity index (χ0v) is 14.9. The van der Waals surface area contributed by atoms with E-state index in [1.165, 1.54) is 34.5 Å². The van der Waals surface area contributed by atoms with E-state index < -0.39 is 5.97 Å². The number of rotatable bonds is 8. The Labute approximate surface area is 146 Å². The van der Waals surface area contributed by atoms with Gasteiger partial charge in [0, 0.05) is 11.1 Å². The van der Waals surface area contributed by atoms with E-state index >= 15 is 0 Å². The summed E-state index contributed by atoms with van der Waals surface area (Å²) < 4.78 is 14.9. The van der Waals surface area contributed by atoms with Gasteiger partial charge in [-0.05, 0) is 12.1 Å². The van der Waals surface area contributed by atoms with Crippen LogP contribution in [0.15, 0.2) is 40.7 Å². The summed E-state index contributed by atoms with van der Waals surface area (Å²) in [6.45, 7) is 1.82. The number of ether oxygens (including phenoxy) is 3. The van der Waals surface area contributed by atoms with Gasteiger partial charge >= 0.3 is 5.97 Å². The number of benzene rings is 1. The molecule has 1 rings (SSSR count). The highest BCUT2D eigenvalue weighted by molar-refractivity contribution is 6.37. The first-order chi connectivity index (χ1) is 12.1. The number of methoxy groups -OCH3 is 3. The van der Waals surface area contributed by atoms with Crippen molar-refractivity contribution in [1.29, 1.82) is 0 Å². The molecule has 0 heterocycles. The Balaban J connectivity index is 2.96.